The van der Waals surface area contributed by atoms with E-state index in [2.05, 4.69) is 5.32 Å². The predicted molar refractivity (Wildman–Crippen MR) is 76.0 cm³/mol. The lowest BCUT2D eigenvalue weighted by Gasteiger charge is -2.34. The fourth-order valence-corrected chi connectivity index (χ4v) is 2.33. The lowest BCUT2D eigenvalue weighted by Crippen LogP contribution is -2.52. The van der Waals surface area contributed by atoms with Crippen molar-refractivity contribution in [3.05, 3.63) is 35.4 Å². The van der Waals surface area contributed by atoms with Gasteiger partial charge in [-0.2, -0.15) is 0 Å². The molecule has 6 heteroatoms. The molecule has 3 nitrogen and oxygen atoms in total. The SMILES string of the molecule is C[C@H]1CNCCN1C(=O)CCc1cc(F)ccc1F.Cl. The highest BCUT2D eigenvalue weighted by molar-refractivity contribution is 5.85. The first-order chi connectivity index (χ1) is 9.08. The molecule has 1 saturated heterocycles. The second kappa shape index (κ2) is 7.55. The Balaban J connectivity index is 0.00000200. The zero-order valence-corrected chi connectivity index (χ0v) is 12.2. The summed E-state index contributed by atoms with van der Waals surface area (Å²) in [5, 5.41) is 3.21. The van der Waals surface area contributed by atoms with Crippen molar-refractivity contribution in [2.75, 3.05) is 19.6 Å². The van der Waals surface area contributed by atoms with E-state index in [0.29, 0.717) is 6.54 Å². The Kier molecular flexibility index (Phi) is 6.36. The molecule has 2 rings (SSSR count). The minimum Gasteiger partial charge on any atom is -0.337 e. The molecule has 0 aliphatic carbocycles. The van der Waals surface area contributed by atoms with Crippen molar-refractivity contribution in [2.24, 2.45) is 0 Å². The Morgan fingerprint density at radius 1 is 1.45 bits per heavy atom. The number of nitrogens with one attached hydrogen (secondary N) is 1. The minimum absolute atomic E-state index is 0. The first-order valence-corrected chi connectivity index (χ1v) is 6.52. The number of benzene rings is 1. The fraction of sp³-hybridized carbons (Fsp3) is 0.500. The van der Waals surface area contributed by atoms with Gasteiger partial charge in [-0.1, -0.05) is 0 Å². The van der Waals surface area contributed by atoms with Crippen LogP contribution in [0.2, 0.25) is 0 Å². The summed E-state index contributed by atoms with van der Waals surface area (Å²) >= 11 is 0. The number of hydrogen-bond donors (Lipinski definition) is 1. The molecule has 112 valence electrons. The summed E-state index contributed by atoms with van der Waals surface area (Å²) in [6, 6.07) is 3.49. The lowest BCUT2D eigenvalue weighted by atomic mass is 10.1. The summed E-state index contributed by atoms with van der Waals surface area (Å²) < 4.78 is 26.5. The van der Waals surface area contributed by atoms with Crippen molar-refractivity contribution < 1.29 is 13.6 Å². The number of hydrogen-bond acceptors (Lipinski definition) is 2. The molecule has 20 heavy (non-hydrogen) atoms. The van der Waals surface area contributed by atoms with Gasteiger partial charge >= 0.3 is 0 Å². The number of halogens is 3. The van der Waals surface area contributed by atoms with Crippen molar-refractivity contribution >= 4 is 18.3 Å². The van der Waals surface area contributed by atoms with Crippen LogP contribution in [0.15, 0.2) is 18.2 Å². The van der Waals surface area contributed by atoms with E-state index < -0.39 is 11.6 Å². The lowest BCUT2D eigenvalue weighted by molar-refractivity contribution is -0.133. The maximum atomic E-state index is 13.4. The topological polar surface area (TPSA) is 32.3 Å². The summed E-state index contributed by atoms with van der Waals surface area (Å²) in [6.45, 7) is 4.21. The molecule has 1 amide bonds. The molecule has 1 atom stereocenters. The fourth-order valence-electron chi connectivity index (χ4n) is 2.33. The Hall–Kier alpha value is -1.20. The van der Waals surface area contributed by atoms with Crippen LogP contribution >= 0.6 is 12.4 Å². The highest BCUT2D eigenvalue weighted by Gasteiger charge is 2.22. The second-order valence-corrected chi connectivity index (χ2v) is 4.88. The molecule has 0 bridgehead atoms. The molecule has 1 aromatic carbocycles. The third-order valence-electron chi connectivity index (χ3n) is 3.44. The summed E-state index contributed by atoms with van der Waals surface area (Å²) in [7, 11) is 0. The monoisotopic (exact) mass is 304 g/mol. The summed E-state index contributed by atoms with van der Waals surface area (Å²) in [5.41, 5.74) is 0.260. The maximum Gasteiger partial charge on any atom is 0.223 e. The van der Waals surface area contributed by atoms with E-state index >= 15 is 0 Å². The number of aryl methyl sites for hydroxylation is 1. The van der Waals surface area contributed by atoms with Gasteiger partial charge in [0, 0.05) is 32.1 Å². The van der Waals surface area contributed by atoms with Gasteiger partial charge in [0.05, 0.1) is 0 Å². The van der Waals surface area contributed by atoms with Gasteiger partial charge in [-0.25, -0.2) is 8.78 Å². The average molecular weight is 305 g/mol. The Morgan fingerprint density at radius 3 is 2.90 bits per heavy atom. The van der Waals surface area contributed by atoms with Gasteiger partial charge < -0.3 is 10.2 Å². The Labute approximate surface area is 123 Å². The van der Waals surface area contributed by atoms with Crippen LogP contribution < -0.4 is 5.32 Å². The van der Waals surface area contributed by atoms with Gasteiger partial charge in [-0.3, -0.25) is 4.79 Å². The summed E-state index contributed by atoms with van der Waals surface area (Å²) in [4.78, 5) is 13.9. The largest absolute Gasteiger partial charge is 0.337 e. The maximum absolute atomic E-state index is 13.4. The molecule has 1 heterocycles. The van der Waals surface area contributed by atoms with Crippen LogP contribution in [0.25, 0.3) is 0 Å². The molecule has 0 unspecified atom stereocenters. The molecular formula is C14H19ClF2N2O. The number of carbonyl (C=O) groups is 1. The van der Waals surface area contributed by atoms with Crippen molar-refractivity contribution in [1.29, 1.82) is 0 Å². The van der Waals surface area contributed by atoms with Gasteiger partial charge in [0.2, 0.25) is 5.91 Å². The molecule has 0 saturated carbocycles. The molecular weight excluding hydrogens is 286 g/mol. The Morgan fingerprint density at radius 2 is 2.20 bits per heavy atom. The second-order valence-electron chi connectivity index (χ2n) is 4.88. The Bertz CT molecular complexity index is 470. The summed E-state index contributed by atoms with van der Waals surface area (Å²) in [5.74, 6) is -0.931. The van der Waals surface area contributed by atoms with E-state index in [1.54, 1.807) is 4.90 Å². The first-order valence-electron chi connectivity index (χ1n) is 6.52. The molecule has 1 aliphatic rings. The van der Waals surface area contributed by atoms with Gasteiger partial charge in [-0.15, -0.1) is 12.4 Å². The van der Waals surface area contributed by atoms with Crippen molar-refractivity contribution in [3.8, 4) is 0 Å². The zero-order valence-electron chi connectivity index (χ0n) is 11.4. The van der Waals surface area contributed by atoms with Crippen LogP contribution in [0.5, 0.6) is 0 Å². The van der Waals surface area contributed by atoms with Crippen molar-refractivity contribution in [2.45, 2.75) is 25.8 Å². The number of nitrogens with zero attached hydrogens (tertiary/aromatic N) is 1. The summed E-state index contributed by atoms with van der Waals surface area (Å²) in [6.07, 6.45) is 0.448. The standard InChI is InChI=1S/C14H18F2N2O.ClH/c1-10-9-17-6-7-18(10)14(19)5-2-11-8-12(15)3-4-13(11)16;/h3-4,8,10,17H,2,5-7,9H2,1H3;1H/t10-;/m0./s1. The number of rotatable bonds is 3. The number of carbonyl (C=O) groups excluding carboxylic acids is 1. The van der Waals surface area contributed by atoms with Gasteiger partial charge in [0.15, 0.2) is 0 Å². The van der Waals surface area contributed by atoms with Crippen LogP contribution in [0.1, 0.15) is 18.9 Å². The normalized spacial score (nSPS) is 18.6. The van der Waals surface area contributed by atoms with Crippen LogP contribution in [0.3, 0.4) is 0 Å². The van der Waals surface area contributed by atoms with Crippen LogP contribution in [-0.2, 0) is 11.2 Å². The highest BCUT2D eigenvalue weighted by atomic mass is 35.5. The third kappa shape index (κ3) is 4.15. The van der Waals surface area contributed by atoms with Crippen LogP contribution in [0, 0.1) is 11.6 Å². The van der Waals surface area contributed by atoms with E-state index in [-0.39, 0.29) is 42.8 Å². The molecule has 0 aromatic heterocycles. The first kappa shape index (κ1) is 16.9. The third-order valence-corrected chi connectivity index (χ3v) is 3.44. The van der Waals surface area contributed by atoms with E-state index in [1.807, 2.05) is 6.92 Å². The van der Waals surface area contributed by atoms with Crippen molar-refractivity contribution in [3.63, 3.8) is 0 Å². The van der Waals surface area contributed by atoms with Crippen LogP contribution in [0.4, 0.5) is 8.78 Å². The van der Waals surface area contributed by atoms with Gasteiger partial charge in [-0.05, 0) is 37.1 Å². The van der Waals surface area contributed by atoms with Gasteiger partial charge in [0.25, 0.3) is 0 Å². The number of amides is 1. The molecule has 1 fully saturated rings. The van der Waals surface area contributed by atoms with E-state index in [0.717, 1.165) is 31.3 Å². The average Bonchev–Trinajstić information content (AvgIpc) is 2.40. The minimum atomic E-state index is -0.473. The quantitative estimate of drug-likeness (QED) is 0.928. The molecule has 0 spiro atoms. The zero-order chi connectivity index (χ0) is 13.8. The van der Waals surface area contributed by atoms with Crippen molar-refractivity contribution in [1.82, 2.24) is 10.2 Å². The van der Waals surface area contributed by atoms with Crippen LogP contribution in [-0.4, -0.2) is 36.5 Å². The van der Waals surface area contributed by atoms with E-state index in [1.165, 1.54) is 0 Å². The molecule has 1 aromatic rings. The smallest absolute Gasteiger partial charge is 0.223 e. The van der Waals surface area contributed by atoms with E-state index in [4.69, 9.17) is 0 Å². The molecule has 1 N–H and O–H groups in total. The number of piperazine rings is 1. The molecule has 1 aliphatic heterocycles. The highest BCUT2D eigenvalue weighted by Crippen LogP contribution is 2.13. The predicted octanol–water partition coefficient (Wildman–Crippen LogP) is 2.14. The van der Waals surface area contributed by atoms with Gasteiger partial charge in [0.1, 0.15) is 11.6 Å². The van der Waals surface area contributed by atoms with E-state index in [9.17, 15) is 13.6 Å². The molecule has 0 radical (unpaired) electrons.